The molecule has 0 aliphatic heterocycles. The predicted octanol–water partition coefficient (Wildman–Crippen LogP) is 32.2. The lowest BCUT2D eigenvalue weighted by Gasteiger charge is -2.13. The molecular weight excluding hydrogens is 1720 g/mol. The van der Waals surface area contributed by atoms with Crippen molar-refractivity contribution in [3.05, 3.63) is 522 Å². The normalized spacial score (nSPS) is 11.3. The third-order valence-electron chi connectivity index (χ3n) is 26.0. The minimum atomic E-state index is 0.580. The topological polar surface area (TPSA) is 131 Å². The van der Waals surface area contributed by atoms with E-state index in [9.17, 15) is 0 Å². The average molecular weight is 1800 g/mol. The van der Waals surface area contributed by atoms with Crippen molar-refractivity contribution in [2.45, 2.75) is 0 Å². The lowest BCUT2D eigenvalue weighted by Crippen LogP contribution is -2.06. The van der Waals surface area contributed by atoms with Crippen LogP contribution in [0, 0.1) is 0 Å². The first kappa shape index (κ1) is 84.8. The van der Waals surface area contributed by atoms with Crippen LogP contribution >= 0.6 is 0 Å². The molecule has 6 aromatic heterocycles. The van der Waals surface area contributed by atoms with E-state index < -0.39 is 0 Å². The summed E-state index contributed by atoms with van der Waals surface area (Å²) in [5.74, 6) is 5.57. The molecule has 0 saturated heterocycles. The van der Waals surface area contributed by atoms with Gasteiger partial charge in [0.1, 0.15) is 0 Å². The maximum atomic E-state index is 5.25. The van der Waals surface area contributed by atoms with Gasteiger partial charge < -0.3 is 4.57 Å². The fraction of sp³-hybridized carbons (Fsp3) is 0. The second kappa shape index (κ2) is 37.9. The summed E-state index contributed by atoms with van der Waals surface area (Å²) in [6.45, 7) is 0. The standard InChI is InChI=1S/2C45H30N4.C39H26N4/c1-4-14-31(15-5-1)34-24-26-35(27-25-34)43-46-44(48-45(47-43)49-41-22-12-10-20-39(41)40-21-11-13-23-42(40)49)38-29-36(32-16-6-2-7-17-32)28-37(30-38)33-18-8-3-9-19-33;1-3-11-31(12-4-1)33-19-23-35(24-20-33)43-46-44(36-25-21-34(22-26-36)32-13-5-2-6-14-32)48-45(47-43)37-27-29-38(30-28-37)49-41-17-9-7-15-39(41)40-16-8-10-18-42(40)49;1-3-12-27(13-4-1)29-22-24-30(25-23-29)37-40-38(32-17-11-16-31(26-32)28-14-5-2-6-15-28)42-39(41-37)43-35-20-9-7-18-33(35)34-19-8-10-21-36(34)43/h2*1-30H;1-26H. The fourth-order valence-electron chi connectivity index (χ4n) is 19.0. The van der Waals surface area contributed by atoms with E-state index >= 15 is 0 Å². The number of nitrogens with zero attached hydrogens (tertiary/aromatic N) is 12. The fourth-order valence-corrected chi connectivity index (χ4v) is 19.0. The highest BCUT2D eigenvalue weighted by molar-refractivity contribution is 6.11. The Balaban J connectivity index is 0.000000115. The molecule has 0 saturated carbocycles. The maximum Gasteiger partial charge on any atom is 0.238 e. The molecule has 0 fully saturated rings. The molecule has 26 aromatic rings. The summed E-state index contributed by atoms with van der Waals surface area (Å²) in [7, 11) is 0. The Morgan fingerprint density at radius 2 is 0.277 bits per heavy atom. The Hall–Kier alpha value is -19.2. The summed E-state index contributed by atoms with van der Waals surface area (Å²) in [4.78, 5) is 45.9. The van der Waals surface area contributed by atoms with Gasteiger partial charge in [0, 0.05) is 76.9 Å². The van der Waals surface area contributed by atoms with E-state index in [0.717, 1.165) is 133 Å². The van der Waals surface area contributed by atoms with E-state index in [1.807, 2.05) is 42.5 Å². The number of benzene rings is 20. The van der Waals surface area contributed by atoms with Gasteiger partial charge in [-0.3, -0.25) is 9.13 Å². The molecule has 0 amide bonds. The van der Waals surface area contributed by atoms with Crippen molar-refractivity contribution >= 4 is 65.4 Å². The SMILES string of the molecule is c1ccc(-c2ccc(-c3nc(-c4cc(-c5ccccc5)cc(-c5ccccc5)c4)nc(-n4c5ccccc5c5ccccc54)n3)cc2)cc1.c1ccc(-c2ccc(-c3nc(-c4ccc(-c5ccccc5)cc4)nc(-c4ccc(-n5c6ccccc6c6ccccc65)cc4)n3)cc2)cc1.c1ccc(-c2ccc(-c3nc(-c4cccc(-c5ccccc5)c4)nc(-n4c5ccccc5c5ccccc54)n3)cc2)cc1. The molecule has 0 spiro atoms. The Bertz CT molecular complexity index is 8700. The molecule has 20 aromatic carbocycles. The summed E-state index contributed by atoms with van der Waals surface area (Å²) in [6, 6.07) is 181. The maximum absolute atomic E-state index is 5.25. The molecule has 26 rings (SSSR count). The Labute approximate surface area is 815 Å². The van der Waals surface area contributed by atoms with Crippen LogP contribution in [0.4, 0.5) is 0 Å². The highest BCUT2D eigenvalue weighted by Crippen LogP contribution is 2.41. The van der Waals surface area contributed by atoms with Crippen LogP contribution in [-0.2, 0) is 0 Å². The first-order valence-corrected chi connectivity index (χ1v) is 47.3. The second-order valence-electron chi connectivity index (χ2n) is 34.8. The molecule has 12 nitrogen and oxygen atoms in total. The molecule has 0 N–H and O–H groups in total. The zero-order valence-electron chi connectivity index (χ0n) is 76.5. The van der Waals surface area contributed by atoms with E-state index in [1.165, 1.54) is 54.8 Å². The van der Waals surface area contributed by atoms with Crippen LogP contribution in [0.2, 0.25) is 0 Å². The Kier molecular flexibility index (Phi) is 22.8. The minimum absolute atomic E-state index is 0.580. The van der Waals surface area contributed by atoms with E-state index in [1.54, 1.807) is 0 Å². The quantitative estimate of drug-likeness (QED) is 0.0874. The van der Waals surface area contributed by atoms with Crippen molar-refractivity contribution in [3.8, 4) is 175 Å². The van der Waals surface area contributed by atoms with Gasteiger partial charge in [0.15, 0.2) is 40.8 Å². The minimum Gasteiger partial charge on any atom is -0.309 e. The van der Waals surface area contributed by atoms with Gasteiger partial charge in [-0.1, -0.05) is 437 Å². The van der Waals surface area contributed by atoms with E-state index in [0.29, 0.717) is 52.7 Å². The van der Waals surface area contributed by atoms with Crippen LogP contribution in [-0.4, -0.2) is 58.6 Å². The Morgan fingerprint density at radius 3 is 0.553 bits per heavy atom. The molecule has 0 unspecified atom stereocenters. The van der Waals surface area contributed by atoms with Gasteiger partial charge in [-0.2, -0.15) is 19.9 Å². The van der Waals surface area contributed by atoms with Gasteiger partial charge in [0.2, 0.25) is 11.9 Å². The highest BCUT2D eigenvalue weighted by Gasteiger charge is 2.24. The number of hydrogen-bond acceptors (Lipinski definition) is 9. The van der Waals surface area contributed by atoms with Crippen LogP contribution in [0.3, 0.4) is 0 Å². The van der Waals surface area contributed by atoms with Crippen molar-refractivity contribution in [1.29, 1.82) is 0 Å². The summed E-state index contributed by atoms with van der Waals surface area (Å²) >= 11 is 0. The molecule has 12 heteroatoms. The van der Waals surface area contributed by atoms with Gasteiger partial charge in [0.25, 0.3) is 0 Å². The molecular formula is C129H86N12. The van der Waals surface area contributed by atoms with Gasteiger partial charge in [0.05, 0.1) is 33.1 Å². The zero-order valence-corrected chi connectivity index (χ0v) is 76.5. The largest absolute Gasteiger partial charge is 0.309 e. The molecule has 0 atom stereocenters. The van der Waals surface area contributed by atoms with Gasteiger partial charge in [-0.05, 0) is 163 Å². The van der Waals surface area contributed by atoms with Crippen LogP contribution in [0.25, 0.3) is 241 Å². The summed E-state index contributed by atoms with van der Waals surface area (Å²) in [5.41, 5.74) is 30.2. The predicted molar refractivity (Wildman–Crippen MR) is 579 cm³/mol. The van der Waals surface area contributed by atoms with Gasteiger partial charge in [-0.15, -0.1) is 0 Å². The third kappa shape index (κ3) is 17.2. The van der Waals surface area contributed by atoms with Crippen LogP contribution in [0.5, 0.6) is 0 Å². The second-order valence-corrected chi connectivity index (χ2v) is 34.8. The molecule has 0 aliphatic carbocycles. The zero-order chi connectivity index (χ0) is 93.7. The number of fused-ring (bicyclic) bond motifs is 9. The molecule has 141 heavy (non-hydrogen) atoms. The van der Waals surface area contributed by atoms with Gasteiger partial charge in [-0.25, -0.2) is 24.9 Å². The monoisotopic (exact) mass is 1800 g/mol. The number of aromatic nitrogens is 12. The molecule has 6 heterocycles. The lowest BCUT2D eigenvalue weighted by molar-refractivity contribution is 0.953. The first-order chi connectivity index (χ1) is 69.9. The van der Waals surface area contributed by atoms with Crippen LogP contribution in [0.15, 0.2) is 522 Å². The van der Waals surface area contributed by atoms with E-state index in [-0.39, 0.29) is 0 Å². The van der Waals surface area contributed by atoms with Crippen molar-refractivity contribution in [1.82, 2.24) is 58.6 Å². The first-order valence-electron chi connectivity index (χ1n) is 47.3. The summed E-state index contributed by atoms with van der Waals surface area (Å²) in [6.07, 6.45) is 0. The van der Waals surface area contributed by atoms with E-state index in [2.05, 4.69) is 493 Å². The van der Waals surface area contributed by atoms with Crippen molar-refractivity contribution < 1.29 is 0 Å². The number of rotatable bonds is 17. The number of hydrogen-bond donors (Lipinski definition) is 0. The van der Waals surface area contributed by atoms with Crippen molar-refractivity contribution in [2.75, 3.05) is 0 Å². The Morgan fingerprint density at radius 1 is 0.106 bits per heavy atom. The summed E-state index contributed by atoms with van der Waals surface area (Å²) < 4.78 is 6.64. The van der Waals surface area contributed by atoms with Crippen molar-refractivity contribution in [2.24, 2.45) is 0 Å². The van der Waals surface area contributed by atoms with Crippen molar-refractivity contribution in [3.63, 3.8) is 0 Å². The van der Waals surface area contributed by atoms with Gasteiger partial charge >= 0.3 is 0 Å². The molecule has 0 aliphatic rings. The highest BCUT2D eigenvalue weighted by atomic mass is 15.2. The van der Waals surface area contributed by atoms with E-state index in [4.69, 9.17) is 44.9 Å². The third-order valence-corrected chi connectivity index (χ3v) is 26.0. The smallest absolute Gasteiger partial charge is 0.238 e. The average Bonchev–Trinajstić information content (AvgIpc) is 1.60. The lowest BCUT2D eigenvalue weighted by atomic mass is 9.96. The van der Waals surface area contributed by atoms with Crippen LogP contribution in [0.1, 0.15) is 0 Å². The summed E-state index contributed by atoms with van der Waals surface area (Å²) in [5, 5.41) is 7.13. The molecule has 0 bridgehead atoms. The molecule has 662 valence electrons. The van der Waals surface area contributed by atoms with Crippen LogP contribution < -0.4 is 0 Å². The molecule has 0 radical (unpaired) electrons. The number of para-hydroxylation sites is 6.